The van der Waals surface area contributed by atoms with Crippen LogP contribution in [0.3, 0.4) is 0 Å². The predicted octanol–water partition coefficient (Wildman–Crippen LogP) is 1.44. The lowest BCUT2D eigenvalue weighted by Gasteiger charge is -2.02. The van der Waals surface area contributed by atoms with Crippen molar-refractivity contribution in [3.63, 3.8) is 0 Å². The monoisotopic (exact) mass is 293 g/mol. The van der Waals surface area contributed by atoms with E-state index in [1.807, 2.05) is 0 Å². The summed E-state index contributed by atoms with van der Waals surface area (Å²) in [6.45, 7) is 1.89. The topological polar surface area (TPSA) is 92.6 Å². The summed E-state index contributed by atoms with van der Waals surface area (Å²) in [5, 5.41) is 3.86. The Kier molecular flexibility index (Phi) is 5.99. The van der Waals surface area contributed by atoms with Crippen LogP contribution in [0.5, 0.6) is 5.75 Å². The molecule has 2 rings (SSSR count). The van der Waals surface area contributed by atoms with Crippen LogP contribution in [0, 0.1) is 0 Å². The molecule has 0 atom stereocenters. The van der Waals surface area contributed by atoms with Crippen molar-refractivity contribution >= 4 is 5.69 Å². The molecule has 2 N–H and O–H groups in total. The third-order valence-electron chi connectivity index (χ3n) is 2.65. The fourth-order valence-corrected chi connectivity index (χ4v) is 1.57. The van der Waals surface area contributed by atoms with Gasteiger partial charge in [0.1, 0.15) is 5.75 Å². The Balaban J connectivity index is 1.71. The van der Waals surface area contributed by atoms with Crippen molar-refractivity contribution < 1.29 is 18.7 Å². The number of nitrogen functional groups attached to an aromatic ring is 1. The number of aromatic nitrogens is 2. The van der Waals surface area contributed by atoms with Crippen LogP contribution in [0.2, 0.25) is 0 Å². The Bertz CT molecular complexity index is 527. The third-order valence-corrected chi connectivity index (χ3v) is 2.65. The molecule has 0 saturated carbocycles. The maximum Gasteiger partial charge on any atom is 0.264 e. The summed E-state index contributed by atoms with van der Waals surface area (Å²) in [6, 6.07) is 7.12. The van der Waals surface area contributed by atoms with E-state index in [0.717, 1.165) is 0 Å². The molecule has 0 fully saturated rings. The molecule has 0 unspecified atom stereocenters. The van der Waals surface area contributed by atoms with Crippen LogP contribution in [0.1, 0.15) is 11.7 Å². The van der Waals surface area contributed by atoms with Gasteiger partial charge in [-0.15, -0.1) is 0 Å². The van der Waals surface area contributed by atoms with E-state index < -0.39 is 0 Å². The van der Waals surface area contributed by atoms with E-state index in [-0.39, 0.29) is 6.61 Å². The SMILES string of the molecule is COCCOCCc1noc(COc2ccc(N)cc2)n1. The lowest BCUT2D eigenvalue weighted by molar-refractivity contribution is 0.0714. The highest BCUT2D eigenvalue weighted by Crippen LogP contribution is 2.14. The van der Waals surface area contributed by atoms with Gasteiger partial charge >= 0.3 is 0 Å². The molecule has 0 aliphatic carbocycles. The van der Waals surface area contributed by atoms with Crippen LogP contribution < -0.4 is 10.5 Å². The van der Waals surface area contributed by atoms with Crippen molar-refractivity contribution in [3.05, 3.63) is 36.0 Å². The first kappa shape index (κ1) is 15.3. The Morgan fingerprint density at radius 2 is 1.95 bits per heavy atom. The van der Waals surface area contributed by atoms with E-state index in [1.165, 1.54) is 0 Å². The van der Waals surface area contributed by atoms with Crippen molar-refractivity contribution in [1.82, 2.24) is 10.1 Å². The maximum atomic E-state index is 5.60. The highest BCUT2D eigenvalue weighted by Gasteiger charge is 2.07. The van der Waals surface area contributed by atoms with Crippen LogP contribution in [0.25, 0.3) is 0 Å². The van der Waals surface area contributed by atoms with E-state index in [2.05, 4.69) is 10.1 Å². The zero-order valence-corrected chi connectivity index (χ0v) is 11.9. The third kappa shape index (κ3) is 5.41. The van der Waals surface area contributed by atoms with E-state index in [0.29, 0.717) is 49.4 Å². The first-order valence-electron chi connectivity index (χ1n) is 6.64. The average Bonchev–Trinajstić information content (AvgIpc) is 2.94. The van der Waals surface area contributed by atoms with Crippen LogP contribution in [-0.4, -0.2) is 37.1 Å². The zero-order chi connectivity index (χ0) is 14.9. The standard InChI is InChI=1S/C14H19N3O4/c1-18-8-9-19-7-6-13-16-14(21-17-13)10-20-12-4-2-11(15)3-5-12/h2-5H,6-10,15H2,1H3. The highest BCUT2D eigenvalue weighted by atomic mass is 16.5. The maximum absolute atomic E-state index is 5.60. The van der Waals surface area contributed by atoms with Crippen LogP contribution in [-0.2, 0) is 22.5 Å². The summed E-state index contributed by atoms with van der Waals surface area (Å²) in [6.07, 6.45) is 0.592. The minimum atomic E-state index is 0.224. The molecule has 0 aliphatic heterocycles. The molecule has 1 aromatic carbocycles. The molecule has 114 valence electrons. The van der Waals surface area contributed by atoms with Gasteiger partial charge in [-0.3, -0.25) is 0 Å². The summed E-state index contributed by atoms with van der Waals surface area (Å²) in [4.78, 5) is 4.22. The van der Waals surface area contributed by atoms with Gasteiger partial charge in [0.05, 0.1) is 19.8 Å². The molecule has 0 radical (unpaired) electrons. The number of hydrogen-bond acceptors (Lipinski definition) is 7. The van der Waals surface area contributed by atoms with Gasteiger partial charge in [-0.05, 0) is 24.3 Å². The largest absolute Gasteiger partial charge is 0.484 e. The number of nitrogens with zero attached hydrogens (tertiary/aromatic N) is 2. The normalized spacial score (nSPS) is 10.7. The zero-order valence-electron chi connectivity index (χ0n) is 11.9. The molecular weight excluding hydrogens is 274 g/mol. The molecule has 7 heteroatoms. The molecule has 0 bridgehead atoms. The van der Waals surface area contributed by atoms with E-state index in [1.54, 1.807) is 31.4 Å². The van der Waals surface area contributed by atoms with E-state index in [9.17, 15) is 0 Å². The Hall–Kier alpha value is -2.12. The van der Waals surface area contributed by atoms with Gasteiger partial charge in [0.15, 0.2) is 12.4 Å². The Morgan fingerprint density at radius 1 is 1.14 bits per heavy atom. The van der Waals surface area contributed by atoms with E-state index in [4.69, 9.17) is 24.5 Å². The number of methoxy groups -OCH3 is 1. The fraction of sp³-hybridized carbons (Fsp3) is 0.429. The first-order valence-corrected chi connectivity index (χ1v) is 6.64. The van der Waals surface area contributed by atoms with Crippen molar-refractivity contribution in [2.75, 3.05) is 32.7 Å². The summed E-state index contributed by atoms with van der Waals surface area (Å²) in [7, 11) is 1.63. The number of benzene rings is 1. The van der Waals surface area contributed by atoms with Crippen LogP contribution in [0.4, 0.5) is 5.69 Å². The van der Waals surface area contributed by atoms with Crippen molar-refractivity contribution in [2.45, 2.75) is 13.0 Å². The molecule has 0 aliphatic rings. The molecule has 0 amide bonds. The quantitative estimate of drug-likeness (QED) is 0.552. The molecule has 2 aromatic rings. The first-order chi connectivity index (χ1) is 10.3. The van der Waals surface area contributed by atoms with Gasteiger partial charge < -0.3 is 24.5 Å². The van der Waals surface area contributed by atoms with Crippen molar-refractivity contribution in [2.24, 2.45) is 0 Å². The summed E-state index contributed by atoms with van der Waals surface area (Å²) in [5.74, 6) is 1.73. The molecule has 1 aromatic heterocycles. The summed E-state index contributed by atoms with van der Waals surface area (Å²) in [5.41, 5.74) is 6.29. The van der Waals surface area contributed by atoms with Gasteiger partial charge in [-0.2, -0.15) is 4.98 Å². The highest BCUT2D eigenvalue weighted by molar-refractivity contribution is 5.41. The van der Waals surface area contributed by atoms with Crippen molar-refractivity contribution in [3.8, 4) is 5.75 Å². The molecule has 21 heavy (non-hydrogen) atoms. The van der Waals surface area contributed by atoms with Crippen LogP contribution in [0.15, 0.2) is 28.8 Å². The minimum Gasteiger partial charge on any atom is -0.484 e. The molecular formula is C14H19N3O4. The Morgan fingerprint density at radius 3 is 2.71 bits per heavy atom. The van der Waals surface area contributed by atoms with Crippen LogP contribution >= 0.6 is 0 Å². The molecule has 0 spiro atoms. The molecule has 1 heterocycles. The smallest absolute Gasteiger partial charge is 0.264 e. The number of nitrogens with two attached hydrogens (primary N) is 1. The summed E-state index contributed by atoms with van der Waals surface area (Å²) < 4.78 is 20.8. The van der Waals surface area contributed by atoms with Gasteiger partial charge in [-0.25, -0.2) is 0 Å². The number of hydrogen-bond donors (Lipinski definition) is 1. The van der Waals surface area contributed by atoms with E-state index >= 15 is 0 Å². The lowest BCUT2D eigenvalue weighted by atomic mass is 10.3. The second-order valence-corrected chi connectivity index (χ2v) is 4.32. The number of anilines is 1. The molecule has 0 saturated heterocycles. The summed E-state index contributed by atoms with van der Waals surface area (Å²) >= 11 is 0. The number of ether oxygens (including phenoxy) is 3. The second kappa shape index (κ2) is 8.23. The molecule has 7 nitrogen and oxygen atoms in total. The minimum absolute atomic E-state index is 0.224. The number of rotatable bonds is 9. The second-order valence-electron chi connectivity index (χ2n) is 4.32. The van der Waals surface area contributed by atoms with Gasteiger partial charge in [0.2, 0.25) is 0 Å². The van der Waals surface area contributed by atoms with Gasteiger partial charge in [0.25, 0.3) is 5.89 Å². The Labute approximate surface area is 123 Å². The lowest BCUT2D eigenvalue weighted by Crippen LogP contribution is -2.05. The fourth-order valence-electron chi connectivity index (χ4n) is 1.57. The van der Waals surface area contributed by atoms with Gasteiger partial charge in [-0.1, -0.05) is 5.16 Å². The van der Waals surface area contributed by atoms with Crippen molar-refractivity contribution in [1.29, 1.82) is 0 Å². The average molecular weight is 293 g/mol. The van der Waals surface area contributed by atoms with Gasteiger partial charge in [0, 0.05) is 19.2 Å². The predicted molar refractivity (Wildman–Crippen MR) is 75.9 cm³/mol.